The summed E-state index contributed by atoms with van der Waals surface area (Å²) < 4.78 is 5.50. The van der Waals surface area contributed by atoms with Gasteiger partial charge in [-0.3, -0.25) is 0 Å². The standard InChI is InChI=1S/C14H22N2O2/c1-11(2)15-8-9-18-14-7-6-13(10-16-14)5-4-12(3)17/h6-7,10-11,15H,4-5,8-9H2,1-3H3. The smallest absolute Gasteiger partial charge is 0.213 e. The predicted octanol–water partition coefficient (Wildman–Crippen LogP) is 1.98. The Kier molecular flexibility index (Phi) is 6.36. The lowest BCUT2D eigenvalue weighted by atomic mass is 10.1. The van der Waals surface area contributed by atoms with E-state index in [9.17, 15) is 4.79 Å². The fourth-order valence-corrected chi connectivity index (χ4v) is 1.47. The molecule has 100 valence electrons. The van der Waals surface area contributed by atoms with Gasteiger partial charge in [-0.2, -0.15) is 0 Å². The van der Waals surface area contributed by atoms with Crippen LogP contribution in [0.3, 0.4) is 0 Å². The fraction of sp³-hybridized carbons (Fsp3) is 0.571. The molecule has 18 heavy (non-hydrogen) atoms. The molecule has 4 nitrogen and oxygen atoms in total. The summed E-state index contributed by atoms with van der Waals surface area (Å²) in [6, 6.07) is 4.28. The minimum Gasteiger partial charge on any atom is -0.476 e. The first kappa shape index (κ1) is 14.6. The molecule has 0 aliphatic rings. The van der Waals surface area contributed by atoms with E-state index >= 15 is 0 Å². The minimum atomic E-state index is 0.204. The van der Waals surface area contributed by atoms with Gasteiger partial charge in [0.1, 0.15) is 12.4 Å². The highest BCUT2D eigenvalue weighted by atomic mass is 16.5. The molecule has 0 amide bonds. The number of aryl methyl sites for hydroxylation is 1. The number of nitrogens with one attached hydrogen (secondary N) is 1. The summed E-state index contributed by atoms with van der Waals surface area (Å²) in [7, 11) is 0. The Morgan fingerprint density at radius 2 is 2.22 bits per heavy atom. The van der Waals surface area contributed by atoms with E-state index in [0.717, 1.165) is 18.5 Å². The van der Waals surface area contributed by atoms with E-state index in [2.05, 4.69) is 24.1 Å². The summed E-state index contributed by atoms with van der Waals surface area (Å²) in [4.78, 5) is 15.1. The van der Waals surface area contributed by atoms with Crippen LogP contribution in [0.4, 0.5) is 0 Å². The highest BCUT2D eigenvalue weighted by molar-refractivity contribution is 5.75. The van der Waals surface area contributed by atoms with Crippen LogP contribution < -0.4 is 10.1 Å². The molecule has 4 heteroatoms. The van der Waals surface area contributed by atoms with Crippen LogP contribution >= 0.6 is 0 Å². The molecular weight excluding hydrogens is 228 g/mol. The van der Waals surface area contributed by atoms with Gasteiger partial charge < -0.3 is 14.8 Å². The number of ether oxygens (including phenoxy) is 1. The van der Waals surface area contributed by atoms with E-state index in [1.54, 1.807) is 13.1 Å². The van der Waals surface area contributed by atoms with Crippen molar-refractivity contribution in [3.05, 3.63) is 23.9 Å². The number of nitrogens with zero attached hydrogens (tertiary/aromatic N) is 1. The third-order valence-corrected chi connectivity index (χ3v) is 2.47. The Hall–Kier alpha value is -1.42. The molecule has 1 rings (SSSR count). The quantitative estimate of drug-likeness (QED) is 0.717. The molecule has 1 heterocycles. The number of carbonyl (C=O) groups is 1. The van der Waals surface area contributed by atoms with E-state index in [1.807, 2.05) is 12.1 Å². The van der Waals surface area contributed by atoms with Crippen LogP contribution in [0.2, 0.25) is 0 Å². The van der Waals surface area contributed by atoms with Gasteiger partial charge in [0.15, 0.2) is 0 Å². The van der Waals surface area contributed by atoms with Crippen LogP contribution in [0.5, 0.6) is 5.88 Å². The van der Waals surface area contributed by atoms with E-state index in [1.165, 1.54) is 0 Å². The fourth-order valence-electron chi connectivity index (χ4n) is 1.47. The third-order valence-electron chi connectivity index (χ3n) is 2.47. The number of rotatable bonds is 8. The maximum absolute atomic E-state index is 10.9. The average molecular weight is 250 g/mol. The molecular formula is C14H22N2O2. The predicted molar refractivity (Wildman–Crippen MR) is 71.9 cm³/mol. The lowest BCUT2D eigenvalue weighted by Crippen LogP contribution is -2.27. The highest BCUT2D eigenvalue weighted by Gasteiger charge is 1.99. The van der Waals surface area contributed by atoms with Crippen molar-refractivity contribution in [2.75, 3.05) is 13.2 Å². The average Bonchev–Trinajstić information content (AvgIpc) is 2.33. The van der Waals surface area contributed by atoms with Gasteiger partial charge in [-0.25, -0.2) is 4.98 Å². The second kappa shape index (κ2) is 7.82. The molecule has 0 bridgehead atoms. The zero-order valence-corrected chi connectivity index (χ0v) is 11.4. The first-order valence-electron chi connectivity index (χ1n) is 6.38. The van der Waals surface area contributed by atoms with Crippen LogP contribution in [0.1, 0.15) is 32.8 Å². The van der Waals surface area contributed by atoms with Gasteiger partial charge in [-0.15, -0.1) is 0 Å². The van der Waals surface area contributed by atoms with Crippen molar-refractivity contribution in [1.82, 2.24) is 10.3 Å². The number of pyridine rings is 1. The van der Waals surface area contributed by atoms with Crippen molar-refractivity contribution in [2.45, 2.75) is 39.7 Å². The van der Waals surface area contributed by atoms with Gasteiger partial charge in [-0.1, -0.05) is 19.9 Å². The second-order valence-corrected chi connectivity index (χ2v) is 4.66. The van der Waals surface area contributed by atoms with Crippen molar-refractivity contribution in [1.29, 1.82) is 0 Å². The number of hydrogen-bond acceptors (Lipinski definition) is 4. The van der Waals surface area contributed by atoms with Crippen LogP contribution in [0.15, 0.2) is 18.3 Å². The Balaban J connectivity index is 2.29. The van der Waals surface area contributed by atoms with Crippen molar-refractivity contribution in [3.8, 4) is 5.88 Å². The van der Waals surface area contributed by atoms with E-state index < -0.39 is 0 Å². The molecule has 1 aromatic heterocycles. The van der Waals surface area contributed by atoms with Crippen LogP contribution in [-0.2, 0) is 11.2 Å². The van der Waals surface area contributed by atoms with Gasteiger partial charge in [0.25, 0.3) is 0 Å². The van der Waals surface area contributed by atoms with Gasteiger partial charge in [0.2, 0.25) is 5.88 Å². The number of carbonyl (C=O) groups excluding carboxylic acids is 1. The minimum absolute atomic E-state index is 0.204. The molecule has 0 saturated carbocycles. The Bertz CT molecular complexity index is 361. The monoisotopic (exact) mass is 250 g/mol. The maximum Gasteiger partial charge on any atom is 0.213 e. The highest BCUT2D eigenvalue weighted by Crippen LogP contribution is 2.09. The normalized spacial score (nSPS) is 10.7. The van der Waals surface area contributed by atoms with Gasteiger partial charge in [-0.05, 0) is 18.9 Å². The van der Waals surface area contributed by atoms with E-state index in [-0.39, 0.29) is 5.78 Å². The first-order chi connectivity index (χ1) is 8.58. The molecule has 1 N–H and O–H groups in total. The molecule has 0 aliphatic carbocycles. The Labute approximate surface area is 109 Å². The SMILES string of the molecule is CC(=O)CCc1ccc(OCCNC(C)C)nc1. The van der Waals surface area contributed by atoms with Crippen molar-refractivity contribution in [2.24, 2.45) is 0 Å². The number of aromatic nitrogens is 1. The summed E-state index contributed by atoms with van der Waals surface area (Å²) >= 11 is 0. The largest absolute Gasteiger partial charge is 0.476 e. The molecule has 0 aromatic carbocycles. The number of hydrogen-bond donors (Lipinski definition) is 1. The molecule has 0 atom stereocenters. The Morgan fingerprint density at radius 1 is 1.44 bits per heavy atom. The second-order valence-electron chi connectivity index (χ2n) is 4.66. The summed E-state index contributed by atoms with van der Waals surface area (Å²) in [5.41, 5.74) is 1.07. The maximum atomic E-state index is 10.9. The van der Waals surface area contributed by atoms with Crippen molar-refractivity contribution >= 4 is 5.78 Å². The van der Waals surface area contributed by atoms with Gasteiger partial charge in [0.05, 0.1) is 0 Å². The lowest BCUT2D eigenvalue weighted by Gasteiger charge is -2.09. The van der Waals surface area contributed by atoms with Crippen LogP contribution in [0.25, 0.3) is 0 Å². The van der Waals surface area contributed by atoms with E-state index in [0.29, 0.717) is 24.9 Å². The molecule has 1 aromatic rings. The third kappa shape index (κ3) is 6.35. The number of Topliss-reactive ketones (excluding diaryl/α,β-unsaturated/α-hetero) is 1. The summed E-state index contributed by atoms with van der Waals surface area (Å²) in [6.45, 7) is 7.22. The summed E-state index contributed by atoms with van der Waals surface area (Å²) in [6.07, 6.45) is 3.09. The summed E-state index contributed by atoms with van der Waals surface area (Å²) in [5, 5.41) is 3.27. The molecule has 0 fully saturated rings. The molecule has 0 aliphatic heterocycles. The van der Waals surface area contributed by atoms with Crippen LogP contribution in [0, 0.1) is 0 Å². The van der Waals surface area contributed by atoms with Crippen LogP contribution in [-0.4, -0.2) is 30.0 Å². The number of ketones is 1. The van der Waals surface area contributed by atoms with E-state index in [4.69, 9.17) is 4.74 Å². The topological polar surface area (TPSA) is 51.2 Å². The van der Waals surface area contributed by atoms with Crippen molar-refractivity contribution in [3.63, 3.8) is 0 Å². The molecule has 0 saturated heterocycles. The van der Waals surface area contributed by atoms with Crippen molar-refractivity contribution < 1.29 is 9.53 Å². The Morgan fingerprint density at radius 3 is 2.78 bits per heavy atom. The zero-order chi connectivity index (χ0) is 13.4. The van der Waals surface area contributed by atoms with Gasteiger partial charge in [0, 0.05) is 31.3 Å². The first-order valence-corrected chi connectivity index (χ1v) is 6.38. The summed E-state index contributed by atoms with van der Waals surface area (Å²) in [5.74, 6) is 0.835. The molecule has 0 radical (unpaired) electrons. The molecule has 0 spiro atoms. The van der Waals surface area contributed by atoms with Gasteiger partial charge >= 0.3 is 0 Å². The lowest BCUT2D eigenvalue weighted by molar-refractivity contribution is -0.116. The zero-order valence-electron chi connectivity index (χ0n) is 11.4. The molecule has 0 unspecified atom stereocenters.